The highest BCUT2D eigenvalue weighted by atomic mass is 79.9. The first kappa shape index (κ1) is 19.9. The van der Waals surface area contributed by atoms with E-state index in [1.807, 2.05) is 0 Å². The van der Waals surface area contributed by atoms with Crippen molar-refractivity contribution in [2.45, 2.75) is 0 Å². The van der Waals surface area contributed by atoms with Crippen LogP contribution in [-0.2, 0) is 9.59 Å². The third kappa shape index (κ3) is 3.72. The Balaban J connectivity index is 1.65. The maximum atomic E-state index is 12.7. The molecule has 4 rings (SSSR count). The lowest BCUT2D eigenvalue weighted by molar-refractivity contribution is -0.384. The average molecular weight is 489 g/mol. The second-order valence-corrected chi connectivity index (χ2v) is 7.57. The Labute approximate surface area is 183 Å². The second-order valence-electron chi connectivity index (χ2n) is 6.24. The van der Waals surface area contributed by atoms with Gasteiger partial charge in [0.25, 0.3) is 17.5 Å². The summed E-state index contributed by atoms with van der Waals surface area (Å²) in [6.07, 6.45) is 1.31. The number of nitro benzene ring substituents is 1. The van der Waals surface area contributed by atoms with Crippen molar-refractivity contribution in [2.24, 2.45) is 0 Å². The molecule has 3 aromatic rings. The van der Waals surface area contributed by atoms with Crippen molar-refractivity contribution in [3.63, 3.8) is 0 Å². The fourth-order valence-electron chi connectivity index (χ4n) is 2.89. The van der Waals surface area contributed by atoms with Gasteiger partial charge < -0.3 is 4.42 Å². The van der Waals surface area contributed by atoms with Crippen LogP contribution in [0, 0.1) is 10.1 Å². The van der Waals surface area contributed by atoms with Crippen molar-refractivity contribution in [1.82, 2.24) is 5.43 Å². The van der Waals surface area contributed by atoms with Crippen LogP contribution < -0.4 is 10.4 Å². The normalized spacial score (nSPS) is 15.0. The standard InChI is InChI=1S/C20H11BrClN3O5/c21-11-2-1-3-12(8-11)24-20(27)16(19(26)23-24)10-14-5-7-18(30-14)15-9-13(25(28)29)4-6-17(15)22/h1-10H,(H,23,26). The number of anilines is 1. The molecule has 0 aliphatic carbocycles. The number of carbonyl (C=O) groups excluding carboxylic acids is 2. The molecular weight excluding hydrogens is 478 g/mol. The molecular formula is C20H11BrClN3O5. The van der Waals surface area contributed by atoms with Gasteiger partial charge in [-0.1, -0.05) is 33.6 Å². The van der Waals surface area contributed by atoms with Gasteiger partial charge in [0.05, 0.1) is 15.6 Å². The van der Waals surface area contributed by atoms with Gasteiger partial charge in [-0.3, -0.25) is 25.1 Å². The van der Waals surface area contributed by atoms with Crippen LogP contribution in [-0.4, -0.2) is 16.7 Å². The highest BCUT2D eigenvalue weighted by Gasteiger charge is 2.34. The Hall–Kier alpha value is -3.43. The van der Waals surface area contributed by atoms with Gasteiger partial charge in [0.2, 0.25) is 0 Å². The second kappa shape index (κ2) is 7.77. The Kier molecular flexibility index (Phi) is 5.15. The van der Waals surface area contributed by atoms with Gasteiger partial charge in [0.1, 0.15) is 17.1 Å². The number of nitrogens with zero attached hydrogens (tertiary/aromatic N) is 2. The van der Waals surface area contributed by atoms with Crippen LogP contribution >= 0.6 is 27.5 Å². The highest BCUT2D eigenvalue weighted by molar-refractivity contribution is 9.10. The third-order valence-electron chi connectivity index (χ3n) is 4.30. The average Bonchev–Trinajstić information content (AvgIpc) is 3.28. The fraction of sp³-hybridized carbons (Fsp3) is 0. The van der Waals surface area contributed by atoms with E-state index in [-0.39, 0.29) is 27.8 Å². The van der Waals surface area contributed by atoms with E-state index < -0.39 is 16.7 Å². The Morgan fingerprint density at radius 1 is 1.13 bits per heavy atom. The van der Waals surface area contributed by atoms with Gasteiger partial charge in [0.15, 0.2) is 0 Å². The maximum absolute atomic E-state index is 12.7. The monoisotopic (exact) mass is 487 g/mol. The number of hydrogen-bond donors (Lipinski definition) is 1. The lowest BCUT2D eigenvalue weighted by Gasteiger charge is -2.14. The van der Waals surface area contributed by atoms with Gasteiger partial charge in [0, 0.05) is 22.2 Å². The number of furan rings is 1. The third-order valence-corrected chi connectivity index (χ3v) is 5.12. The summed E-state index contributed by atoms with van der Waals surface area (Å²) in [5.74, 6) is -0.622. The number of halogens is 2. The largest absolute Gasteiger partial charge is 0.457 e. The lowest BCUT2D eigenvalue weighted by Crippen LogP contribution is -2.35. The van der Waals surface area contributed by atoms with Gasteiger partial charge in [-0.05, 0) is 42.5 Å². The predicted molar refractivity (Wildman–Crippen MR) is 114 cm³/mol. The van der Waals surface area contributed by atoms with E-state index in [0.29, 0.717) is 11.3 Å². The number of hydrogen-bond acceptors (Lipinski definition) is 5. The zero-order valence-corrected chi connectivity index (χ0v) is 17.3. The van der Waals surface area contributed by atoms with Crippen LogP contribution in [0.5, 0.6) is 0 Å². The lowest BCUT2D eigenvalue weighted by atomic mass is 10.1. The van der Waals surface area contributed by atoms with Gasteiger partial charge in [-0.25, -0.2) is 5.01 Å². The maximum Gasteiger partial charge on any atom is 0.282 e. The van der Waals surface area contributed by atoms with Crippen molar-refractivity contribution in [3.05, 3.63) is 85.5 Å². The number of non-ortho nitro benzene ring substituents is 1. The minimum absolute atomic E-state index is 0.110. The van der Waals surface area contributed by atoms with Crippen LogP contribution in [0.25, 0.3) is 17.4 Å². The molecule has 1 aliphatic rings. The van der Waals surface area contributed by atoms with Gasteiger partial charge in [-0.2, -0.15) is 0 Å². The van der Waals surface area contributed by atoms with E-state index in [9.17, 15) is 19.7 Å². The molecule has 0 atom stereocenters. The molecule has 0 unspecified atom stereocenters. The fourth-order valence-corrected chi connectivity index (χ4v) is 3.49. The molecule has 1 saturated heterocycles. The molecule has 2 aromatic carbocycles. The topological polar surface area (TPSA) is 106 Å². The number of benzene rings is 2. The molecule has 10 heteroatoms. The SMILES string of the molecule is O=C1NN(c2cccc(Br)c2)C(=O)C1=Cc1ccc(-c2cc([N+](=O)[O-])ccc2Cl)o1. The van der Waals surface area contributed by atoms with Crippen LogP contribution in [0.4, 0.5) is 11.4 Å². The molecule has 0 bridgehead atoms. The van der Waals surface area contributed by atoms with Crippen molar-refractivity contribution in [3.8, 4) is 11.3 Å². The summed E-state index contributed by atoms with van der Waals surface area (Å²) in [5.41, 5.74) is 3.08. The van der Waals surface area contributed by atoms with Crippen LogP contribution in [0.2, 0.25) is 5.02 Å². The summed E-state index contributed by atoms with van der Waals surface area (Å²) >= 11 is 9.46. The summed E-state index contributed by atoms with van der Waals surface area (Å²) < 4.78 is 6.42. The molecule has 2 heterocycles. The molecule has 30 heavy (non-hydrogen) atoms. The molecule has 1 fully saturated rings. The summed E-state index contributed by atoms with van der Waals surface area (Å²) in [7, 11) is 0. The van der Waals surface area contributed by atoms with Gasteiger partial charge in [-0.15, -0.1) is 0 Å². The van der Waals surface area contributed by atoms with E-state index in [1.165, 1.54) is 24.3 Å². The van der Waals surface area contributed by atoms with E-state index in [2.05, 4.69) is 21.4 Å². The number of hydrazine groups is 1. The van der Waals surface area contributed by atoms with Crippen molar-refractivity contribution >= 4 is 56.8 Å². The quantitative estimate of drug-likeness (QED) is 0.247. The summed E-state index contributed by atoms with van der Waals surface area (Å²) in [5, 5.41) is 12.4. The number of nitrogens with one attached hydrogen (secondary N) is 1. The number of rotatable bonds is 4. The van der Waals surface area contributed by atoms with Crippen LogP contribution in [0.3, 0.4) is 0 Å². The van der Waals surface area contributed by atoms with Crippen molar-refractivity contribution in [1.29, 1.82) is 0 Å². The first-order valence-corrected chi connectivity index (χ1v) is 9.67. The highest BCUT2D eigenvalue weighted by Crippen LogP contribution is 2.33. The van der Waals surface area contributed by atoms with E-state index >= 15 is 0 Å². The van der Waals surface area contributed by atoms with E-state index in [4.69, 9.17) is 16.0 Å². The zero-order valence-electron chi connectivity index (χ0n) is 15.0. The molecule has 0 saturated carbocycles. The molecule has 1 aliphatic heterocycles. The van der Waals surface area contributed by atoms with Crippen LogP contribution in [0.1, 0.15) is 5.76 Å². The number of nitro groups is 1. The molecule has 1 aromatic heterocycles. The molecule has 2 amide bonds. The summed E-state index contributed by atoms with van der Waals surface area (Å²) in [4.78, 5) is 35.5. The number of amides is 2. The van der Waals surface area contributed by atoms with E-state index in [1.54, 1.807) is 36.4 Å². The molecule has 150 valence electrons. The molecule has 8 nitrogen and oxygen atoms in total. The molecule has 0 spiro atoms. The first-order valence-electron chi connectivity index (χ1n) is 8.50. The Morgan fingerprint density at radius 3 is 2.67 bits per heavy atom. The molecule has 0 radical (unpaired) electrons. The predicted octanol–water partition coefficient (Wildman–Crippen LogP) is 4.73. The zero-order chi connectivity index (χ0) is 21.4. The van der Waals surface area contributed by atoms with E-state index in [0.717, 1.165) is 9.48 Å². The summed E-state index contributed by atoms with van der Waals surface area (Å²) in [6, 6.07) is 14.0. The first-order chi connectivity index (χ1) is 14.3. The molecule has 1 N–H and O–H groups in total. The van der Waals surface area contributed by atoms with Crippen LogP contribution in [0.15, 0.2) is 69.1 Å². The minimum Gasteiger partial charge on any atom is -0.457 e. The minimum atomic E-state index is -0.577. The number of carbonyl (C=O) groups is 2. The Morgan fingerprint density at radius 2 is 1.93 bits per heavy atom. The van der Waals surface area contributed by atoms with Crippen molar-refractivity contribution < 1.29 is 18.9 Å². The Bertz CT molecular complexity index is 1240. The summed E-state index contributed by atoms with van der Waals surface area (Å²) in [6.45, 7) is 0. The van der Waals surface area contributed by atoms with Crippen molar-refractivity contribution in [2.75, 3.05) is 5.01 Å². The van der Waals surface area contributed by atoms with Gasteiger partial charge >= 0.3 is 0 Å². The smallest absolute Gasteiger partial charge is 0.282 e.